The summed E-state index contributed by atoms with van der Waals surface area (Å²) in [6.07, 6.45) is 2.13. The summed E-state index contributed by atoms with van der Waals surface area (Å²) in [7, 11) is 3.12. The van der Waals surface area contributed by atoms with E-state index in [1.807, 2.05) is 18.2 Å². The first-order valence-electron chi connectivity index (χ1n) is 7.61. The molecular weight excluding hydrogens is 328 g/mol. The number of ether oxygens (including phenoxy) is 2. The highest BCUT2D eigenvalue weighted by molar-refractivity contribution is 6.06. The highest BCUT2D eigenvalue weighted by atomic mass is 35.5. The summed E-state index contributed by atoms with van der Waals surface area (Å²) in [6, 6.07) is 11.1. The van der Waals surface area contributed by atoms with Gasteiger partial charge in [0.15, 0.2) is 0 Å². The first-order chi connectivity index (χ1) is 11.2. The van der Waals surface area contributed by atoms with Crippen molar-refractivity contribution in [3.8, 4) is 11.5 Å². The van der Waals surface area contributed by atoms with Gasteiger partial charge in [-0.15, -0.1) is 12.4 Å². The second-order valence-electron chi connectivity index (χ2n) is 5.42. The second kappa shape index (κ2) is 7.93. The maximum atomic E-state index is 12.5. The number of halogens is 1. The molecule has 1 amide bonds. The summed E-state index contributed by atoms with van der Waals surface area (Å²) in [5.74, 6) is 0.938. The average Bonchev–Trinajstić information content (AvgIpc) is 2.60. The van der Waals surface area contributed by atoms with Crippen molar-refractivity contribution in [2.75, 3.05) is 31.4 Å². The normalized spacial score (nSPS) is 12.2. The van der Waals surface area contributed by atoms with E-state index in [2.05, 4.69) is 10.6 Å². The van der Waals surface area contributed by atoms with Gasteiger partial charge in [-0.1, -0.05) is 0 Å². The number of benzene rings is 2. The Labute approximate surface area is 147 Å². The number of aryl methyl sites for hydroxylation is 1. The second-order valence-corrected chi connectivity index (χ2v) is 5.42. The molecule has 0 spiro atoms. The summed E-state index contributed by atoms with van der Waals surface area (Å²) >= 11 is 0. The average molecular weight is 349 g/mol. The lowest BCUT2D eigenvalue weighted by atomic mass is 10.0. The van der Waals surface area contributed by atoms with Crippen molar-refractivity contribution in [1.82, 2.24) is 0 Å². The summed E-state index contributed by atoms with van der Waals surface area (Å²) in [4.78, 5) is 12.5. The van der Waals surface area contributed by atoms with Crippen LogP contribution >= 0.6 is 12.4 Å². The molecule has 0 bridgehead atoms. The van der Waals surface area contributed by atoms with Gasteiger partial charge in [-0.05, 0) is 48.7 Å². The number of methoxy groups -OCH3 is 2. The van der Waals surface area contributed by atoms with Gasteiger partial charge in [0.1, 0.15) is 11.5 Å². The smallest absolute Gasteiger partial charge is 0.259 e. The quantitative estimate of drug-likeness (QED) is 0.883. The molecule has 1 heterocycles. The Balaban J connectivity index is 0.00000208. The molecule has 0 fully saturated rings. The van der Waals surface area contributed by atoms with Crippen molar-refractivity contribution >= 4 is 29.7 Å². The van der Waals surface area contributed by atoms with Crippen molar-refractivity contribution in [1.29, 1.82) is 0 Å². The molecule has 0 atom stereocenters. The molecule has 2 N–H and O–H groups in total. The van der Waals surface area contributed by atoms with Gasteiger partial charge < -0.3 is 20.1 Å². The Morgan fingerprint density at radius 3 is 2.71 bits per heavy atom. The van der Waals surface area contributed by atoms with Gasteiger partial charge >= 0.3 is 0 Å². The third kappa shape index (κ3) is 3.74. The molecule has 24 heavy (non-hydrogen) atoms. The van der Waals surface area contributed by atoms with E-state index in [1.54, 1.807) is 25.3 Å². The Morgan fingerprint density at radius 1 is 1.12 bits per heavy atom. The Hall–Kier alpha value is -2.40. The Bertz CT molecular complexity index is 734. The van der Waals surface area contributed by atoms with Crippen LogP contribution in [0, 0.1) is 0 Å². The third-order valence-corrected chi connectivity index (χ3v) is 3.95. The first-order valence-corrected chi connectivity index (χ1v) is 7.61. The molecule has 0 saturated heterocycles. The number of carbonyl (C=O) groups is 1. The van der Waals surface area contributed by atoms with E-state index in [9.17, 15) is 4.79 Å². The van der Waals surface area contributed by atoms with Gasteiger partial charge in [-0.3, -0.25) is 4.79 Å². The highest BCUT2D eigenvalue weighted by Crippen LogP contribution is 2.28. The van der Waals surface area contributed by atoms with Crippen LogP contribution in [0.2, 0.25) is 0 Å². The van der Waals surface area contributed by atoms with Crippen molar-refractivity contribution < 1.29 is 14.3 Å². The van der Waals surface area contributed by atoms with Crippen molar-refractivity contribution in [2.45, 2.75) is 12.8 Å². The number of carbonyl (C=O) groups excluding carboxylic acids is 1. The maximum absolute atomic E-state index is 12.5. The summed E-state index contributed by atoms with van der Waals surface area (Å²) in [6.45, 7) is 1.00. The molecule has 1 aliphatic heterocycles. The molecule has 2 aromatic rings. The van der Waals surface area contributed by atoms with Crippen LogP contribution in [0.1, 0.15) is 22.3 Å². The first kappa shape index (κ1) is 17.9. The third-order valence-electron chi connectivity index (χ3n) is 3.95. The molecule has 0 aliphatic carbocycles. The minimum absolute atomic E-state index is 0. The predicted octanol–water partition coefficient (Wildman–Crippen LogP) is 3.74. The fourth-order valence-electron chi connectivity index (χ4n) is 2.74. The van der Waals surface area contributed by atoms with Crippen LogP contribution < -0.4 is 20.1 Å². The molecule has 0 unspecified atom stereocenters. The van der Waals surface area contributed by atoms with Crippen molar-refractivity contribution in [2.24, 2.45) is 0 Å². The monoisotopic (exact) mass is 348 g/mol. The molecule has 128 valence electrons. The summed E-state index contributed by atoms with van der Waals surface area (Å²) in [5.41, 5.74) is 3.64. The van der Waals surface area contributed by atoms with Crippen LogP contribution in [0.25, 0.3) is 0 Å². The number of anilines is 2. The number of fused-ring (bicyclic) bond motifs is 1. The molecule has 3 rings (SSSR count). The molecule has 1 aliphatic rings. The van der Waals surface area contributed by atoms with E-state index >= 15 is 0 Å². The summed E-state index contributed by atoms with van der Waals surface area (Å²) < 4.78 is 10.4. The highest BCUT2D eigenvalue weighted by Gasteiger charge is 2.15. The van der Waals surface area contributed by atoms with Crippen LogP contribution in [-0.4, -0.2) is 26.7 Å². The van der Waals surface area contributed by atoms with Gasteiger partial charge in [-0.2, -0.15) is 0 Å². The van der Waals surface area contributed by atoms with E-state index in [1.165, 1.54) is 12.7 Å². The fourth-order valence-corrected chi connectivity index (χ4v) is 2.74. The Morgan fingerprint density at radius 2 is 1.96 bits per heavy atom. The van der Waals surface area contributed by atoms with Gasteiger partial charge in [0, 0.05) is 24.0 Å². The van der Waals surface area contributed by atoms with Crippen molar-refractivity contribution in [3.05, 3.63) is 47.5 Å². The number of nitrogens with one attached hydrogen (secondary N) is 2. The number of hydrogen-bond acceptors (Lipinski definition) is 4. The number of rotatable bonds is 4. The molecule has 6 heteroatoms. The fraction of sp³-hybridized carbons (Fsp3) is 0.278. The molecule has 5 nitrogen and oxygen atoms in total. The topological polar surface area (TPSA) is 59.6 Å². The van der Waals surface area contributed by atoms with Gasteiger partial charge in [0.25, 0.3) is 5.91 Å². The molecular formula is C18H21ClN2O3. The van der Waals surface area contributed by atoms with E-state index in [0.717, 1.165) is 30.8 Å². The molecule has 0 aromatic heterocycles. The minimum atomic E-state index is -0.201. The number of amides is 1. The molecule has 0 saturated carbocycles. The van der Waals surface area contributed by atoms with E-state index in [4.69, 9.17) is 9.47 Å². The van der Waals surface area contributed by atoms with Crippen LogP contribution in [0.5, 0.6) is 11.5 Å². The molecule has 2 aromatic carbocycles. The number of hydrogen-bond donors (Lipinski definition) is 2. The molecule has 0 radical (unpaired) electrons. The van der Waals surface area contributed by atoms with Crippen LogP contribution in [-0.2, 0) is 6.42 Å². The lowest BCUT2D eigenvalue weighted by molar-refractivity contribution is 0.102. The van der Waals surface area contributed by atoms with Crippen LogP contribution in [0.3, 0.4) is 0 Å². The van der Waals surface area contributed by atoms with Crippen LogP contribution in [0.15, 0.2) is 36.4 Å². The zero-order valence-corrected chi connectivity index (χ0v) is 14.5. The van der Waals surface area contributed by atoms with Gasteiger partial charge in [-0.25, -0.2) is 0 Å². The standard InChI is InChI=1S/C18H20N2O3.ClH/c1-22-14-6-7-15(17(11-14)23-2)18(21)20-13-5-8-16-12(10-13)4-3-9-19-16;/h5-8,10-11,19H,3-4,9H2,1-2H3,(H,20,21);1H. The largest absolute Gasteiger partial charge is 0.497 e. The van der Waals surface area contributed by atoms with Crippen LogP contribution in [0.4, 0.5) is 11.4 Å². The predicted molar refractivity (Wildman–Crippen MR) is 98.0 cm³/mol. The van der Waals surface area contributed by atoms with E-state index < -0.39 is 0 Å². The lowest BCUT2D eigenvalue weighted by Gasteiger charge is -2.19. The summed E-state index contributed by atoms with van der Waals surface area (Å²) in [5, 5.41) is 6.29. The lowest BCUT2D eigenvalue weighted by Crippen LogP contribution is -2.15. The minimum Gasteiger partial charge on any atom is -0.497 e. The zero-order valence-electron chi connectivity index (χ0n) is 13.7. The van der Waals surface area contributed by atoms with Gasteiger partial charge in [0.05, 0.1) is 19.8 Å². The van der Waals surface area contributed by atoms with Gasteiger partial charge in [0.2, 0.25) is 0 Å². The zero-order chi connectivity index (χ0) is 16.2. The maximum Gasteiger partial charge on any atom is 0.259 e. The van der Waals surface area contributed by atoms with Crippen molar-refractivity contribution in [3.63, 3.8) is 0 Å². The van der Waals surface area contributed by atoms with E-state index in [0.29, 0.717) is 17.1 Å². The Kier molecular flexibility index (Phi) is 5.93. The van der Waals surface area contributed by atoms with E-state index in [-0.39, 0.29) is 18.3 Å². The SMILES string of the molecule is COc1ccc(C(=O)Nc2ccc3c(c2)CCCN3)c(OC)c1.Cl.